The highest BCUT2D eigenvalue weighted by Crippen LogP contribution is 2.44. The van der Waals surface area contributed by atoms with Gasteiger partial charge < -0.3 is 9.72 Å². The third-order valence-corrected chi connectivity index (χ3v) is 5.92. The molecule has 2 aliphatic heterocycles. The van der Waals surface area contributed by atoms with Crippen molar-refractivity contribution in [1.29, 1.82) is 0 Å². The molecule has 3 aliphatic rings. The zero-order chi connectivity index (χ0) is 16.8. The van der Waals surface area contributed by atoms with E-state index in [0.717, 1.165) is 38.9 Å². The van der Waals surface area contributed by atoms with E-state index in [1.807, 2.05) is 17.2 Å². The third kappa shape index (κ3) is 2.54. The van der Waals surface area contributed by atoms with Crippen molar-refractivity contribution in [2.24, 2.45) is 0 Å². The number of carbonyl (C=O) groups is 1. The molecule has 2 saturated heterocycles. The van der Waals surface area contributed by atoms with E-state index in [1.165, 1.54) is 16.8 Å². The van der Waals surface area contributed by atoms with Crippen molar-refractivity contribution in [2.45, 2.75) is 44.0 Å². The molecule has 0 bridgehead atoms. The molecule has 2 atom stereocenters. The highest BCUT2D eigenvalue weighted by molar-refractivity contribution is 5.72. The first kappa shape index (κ1) is 15.0. The molecule has 25 heavy (non-hydrogen) atoms. The Morgan fingerprint density at radius 3 is 2.76 bits per heavy atom. The molecule has 5 heteroatoms. The van der Waals surface area contributed by atoms with Crippen LogP contribution >= 0.6 is 0 Å². The maximum atomic E-state index is 12.5. The molecule has 0 spiro atoms. The predicted octanol–water partition coefficient (Wildman–Crippen LogP) is 3.10. The van der Waals surface area contributed by atoms with Gasteiger partial charge in [0.1, 0.15) is 6.10 Å². The van der Waals surface area contributed by atoms with Gasteiger partial charge in [0.25, 0.3) is 0 Å². The number of benzene rings is 1. The first-order valence-electron chi connectivity index (χ1n) is 9.21. The second kappa shape index (κ2) is 5.92. The van der Waals surface area contributed by atoms with Crippen LogP contribution in [-0.2, 0) is 17.7 Å². The predicted molar refractivity (Wildman–Crippen MR) is 94.1 cm³/mol. The highest BCUT2D eigenvalue weighted by atomic mass is 16.6. The average Bonchev–Trinajstić information content (AvgIpc) is 3.31. The Morgan fingerprint density at radius 2 is 1.96 bits per heavy atom. The van der Waals surface area contributed by atoms with Crippen LogP contribution < -0.4 is 0 Å². The fraction of sp³-hybridized carbons (Fsp3) is 0.450. The lowest BCUT2D eigenvalue weighted by Crippen LogP contribution is -2.46. The summed E-state index contributed by atoms with van der Waals surface area (Å²) in [6.07, 6.45) is 4.74. The Bertz CT molecular complexity index is 765. The second-order valence-electron chi connectivity index (χ2n) is 7.38. The van der Waals surface area contributed by atoms with Gasteiger partial charge >= 0.3 is 6.09 Å². The van der Waals surface area contributed by atoms with E-state index < -0.39 is 0 Å². The van der Waals surface area contributed by atoms with Crippen LogP contribution in [0.3, 0.4) is 0 Å². The number of nitrogens with one attached hydrogen (secondary N) is 1. The summed E-state index contributed by atoms with van der Waals surface area (Å²) in [5.74, 6) is 0. The summed E-state index contributed by atoms with van der Waals surface area (Å²) < 4.78 is 5.71. The molecule has 1 N–H and O–H groups in total. The zero-order valence-corrected chi connectivity index (χ0v) is 14.2. The van der Waals surface area contributed by atoms with Crippen molar-refractivity contribution in [3.63, 3.8) is 0 Å². The summed E-state index contributed by atoms with van der Waals surface area (Å²) in [5.41, 5.74) is 3.87. The largest absolute Gasteiger partial charge is 0.443 e. The average molecular weight is 337 g/mol. The van der Waals surface area contributed by atoms with Gasteiger partial charge in [-0.15, -0.1) is 0 Å². The normalized spacial score (nSPS) is 26.6. The molecule has 5 rings (SSSR count). The van der Waals surface area contributed by atoms with Crippen molar-refractivity contribution < 1.29 is 9.53 Å². The quantitative estimate of drug-likeness (QED) is 0.936. The lowest BCUT2D eigenvalue weighted by molar-refractivity contribution is 0.103. The Balaban J connectivity index is 1.30. The van der Waals surface area contributed by atoms with Crippen LogP contribution in [0, 0.1) is 0 Å². The number of aromatic nitrogens is 1. The summed E-state index contributed by atoms with van der Waals surface area (Å²) in [7, 11) is 0. The Morgan fingerprint density at radius 1 is 1.12 bits per heavy atom. The molecule has 1 aromatic heterocycles. The maximum Gasteiger partial charge on any atom is 0.411 e. The highest BCUT2D eigenvalue weighted by Gasteiger charge is 2.50. The van der Waals surface area contributed by atoms with E-state index in [4.69, 9.17) is 4.74 Å². The number of carbonyl (C=O) groups excluding carboxylic acids is 1. The van der Waals surface area contributed by atoms with Gasteiger partial charge in [0.05, 0.1) is 6.04 Å². The third-order valence-electron chi connectivity index (χ3n) is 5.92. The summed E-state index contributed by atoms with van der Waals surface area (Å²) >= 11 is 0. The van der Waals surface area contributed by atoms with Crippen molar-refractivity contribution in [1.82, 2.24) is 14.8 Å². The van der Waals surface area contributed by atoms with Gasteiger partial charge in [-0.25, -0.2) is 4.79 Å². The second-order valence-corrected chi connectivity index (χ2v) is 7.38. The number of likely N-dealkylation sites (tertiary alicyclic amines) is 1. The minimum absolute atomic E-state index is 0.00171. The molecule has 0 radical (unpaired) electrons. The van der Waals surface area contributed by atoms with Gasteiger partial charge in [-0.2, -0.15) is 0 Å². The maximum absolute atomic E-state index is 12.5. The topological polar surface area (TPSA) is 48.6 Å². The van der Waals surface area contributed by atoms with Crippen LogP contribution in [0.4, 0.5) is 4.79 Å². The SMILES string of the molecule is O=C1O[C@@H]2Cc3ccccc3[C@@H]2N1C1CCN(Cc2ccc[nH]2)CC1. The molecule has 1 amide bonds. The molecule has 130 valence electrons. The standard InChI is InChI=1S/C20H23N3O2/c24-20-23(19-17-6-2-1-4-14(17)12-18(19)25-20)16-7-10-22(11-8-16)13-15-5-3-9-21-15/h1-6,9,16,18-19,21H,7-8,10-13H2/t18-,19+/m1/s1. The number of aromatic amines is 1. The number of amides is 1. The van der Waals surface area contributed by atoms with Crippen LogP contribution in [0.25, 0.3) is 0 Å². The number of hydrogen-bond donors (Lipinski definition) is 1. The minimum Gasteiger partial charge on any atom is -0.443 e. The zero-order valence-electron chi connectivity index (χ0n) is 14.2. The molecule has 3 heterocycles. The lowest BCUT2D eigenvalue weighted by atomic mass is 9.99. The van der Waals surface area contributed by atoms with Crippen LogP contribution in [0.5, 0.6) is 0 Å². The van der Waals surface area contributed by atoms with E-state index in [9.17, 15) is 4.79 Å². The molecular formula is C20H23N3O2. The summed E-state index contributed by atoms with van der Waals surface area (Å²) in [6.45, 7) is 3.00. The van der Waals surface area contributed by atoms with Crippen molar-refractivity contribution in [3.8, 4) is 0 Å². The number of H-pyrrole nitrogens is 1. The minimum atomic E-state index is -0.118. The van der Waals surface area contributed by atoms with Gasteiger partial charge in [0, 0.05) is 44.0 Å². The molecule has 1 aromatic carbocycles. The number of fused-ring (bicyclic) bond motifs is 3. The molecular weight excluding hydrogens is 314 g/mol. The monoisotopic (exact) mass is 337 g/mol. The van der Waals surface area contributed by atoms with E-state index in [2.05, 4.69) is 40.2 Å². The first-order valence-corrected chi connectivity index (χ1v) is 9.21. The summed E-state index contributed by atoms with van der Waals surface area (Å²) in [5, 5.41) is 0. The summed E-state index contributed by atoms with van der Waals surface area (Å²) in [6, 6.07) is 13.0. The first-order chi connectivity index (χ1) is 12.3. The van der Waals surface area contributed by atoms with Gasteiger partial charge in [0.2, 0.25) is 0 Å². The van der Waals surface area contributed by atoms with Crippen molar-refractivity contribution in [2.75, 3.05) is 13.1 Å². The molecule has 5 nitrogen and oxygen atoms in total. The number of hydrogen-bond acceptors (Lipinski definition) is 3. The van der Waals surface area contributed by atoms with Gasteiger partial charge in [-0.3, -0.25) is 9.80 Å². The number of piperidine rings is 1. The van der Waals surface area contributed by atoms with Gasteiger partial charge in [-0.1, -0.05) is 24.3 Å². The van der Waals surface area contributed by atoms with Crippen molar-refractivity contribution in [3.05, 3.63) is 59.4 Å². The van der Waals surface area contributed by atoms with Crippen LogP contribution in [0.2, 0.25) is 0 Å². The Labute approximate surface area is 147 Å². The Kier molecular flexibility index (Phi) is 3.55. The van der Waals surface area contributed by atoms with Crippen LogP contribution in [0.1, 0.15) is 35.7 Å². The van der Waals surface area contributed by atoms with Gasteiger partial charge in [-0.05, 0) is 36.1 Å². The van der Waals surface area contributed by atoms with E-state index in [1.54, 1.807) is 0 Å². The molecule has 0 unspecified atom stereocenters. The number of rotatable bonds is 3. The van der Waals surface area contributed by atoms with E-state index in [0.29, 0.717) is 0 Å². The fourth-order valence-electron chi connectivity index (χ4n) is 4.71. The van der Waals surface area contributed by atoms with E-state index in [-0.39, 0.29) is 24.3 Å². The molecule has 2 aromatic rings. The molecule has 1 aliphatic carbocycles. The number of ether oxygens (including phenoxy) is 1. The molecule has 2 fully saturated rings. The Hall–Kier alpha value is -2.27. The van der Waals surface area contributed by atoms with Gasteiger partial charge in [0.15, 0.2) is 0 Å². The van der Waals surface area contributed by atoms with Crippen LogP contribution in [0.15, 0.2) is 42.6 Å². The lowest BCUT2D eigenvalue weighted by Gasteiger charge is -2.37. The van der Waals surface area contributed by atoms with Crippen molar-refractivity contribution >= 4 is 6.09 Å². The van der Waals surface area contributed by atoms with Crippen LogP contribution in [-0.4, -0.2) is 46.1 Å². The number of nitrogens with zero attached hydrogens (tertiary/aromatic N) is 2. The van der Waals surface area contributed by atoms with E-state index >= 15 is 0 Å². The smallest absolute Gasteiger partial charge is 0.411 e. The fourth-order valence-corrected chi connectivity index (χ4v) is 4.71. The summed E-state index contributed by atoms with van der Waals surface area (Å²) in [4.78, 5) is 20.3. The molecule has 0 saturated carbocycles.